The first-order chi connectivity index (χ1) is 13.0. The van der Waals surface area contributed by atoms with Crippen LogP contribution in [0.3, 0.4) is 0 Å². The Morgan fingerprint density at radius 1 is 1.22 bits per heavy atom. The molecular formula is C21H21ClN2O2S. The van der Waals surface area contributed by atoms with Gasteiger partial charge in [0.2, 0.25) is 0 Å². The molecular weight excluding hydrogens is 380 g/mol. The molecule has 6 heteroatoms. The number of carbonyl (C=O) groups excluding carboxylic acids is 1. The number of amides is 1. The third-order valence-electron chi connectivity index (χ3n) is 4.91. The van der Waals surface area contributed by atoms with Crippen molar-refractivity contribution < 1.29 is 9.53 Å². The molecule has 4 nitrogen and oxygen atoms in total. The zero-order valence-electron chi connectivity index (χ0n) is 15.4. The van der Waals surface area contributed by atoms with Crippen molar-refractivity contribution in [2.75, 3.05) is 18.1 Å². The third kappa shape index (κ3) is 3.72. The van der Waals surface area contributed by atoms with Crippen LogP contribution in [0.15, 0.2) is 36.4 Å². The van der Waals surface area contributed by atoms with Gasteiger partial charge < -0.3 is 4.74 Å². The molecule has 0 bridgehead atoms. The van der Waals surface area contributed by atoms with Crippen LogP contribution in [0.25, 0.3) is 10.2 Å². The number of anilines is 1. The van der Waals surface area contributed by atoms with Crippen molar-refractivity contribution in [3.8, 4) is 0 Å². The van der Waals surface area contributed by atoms with Gasteiger partial charge in [0.25, 0.3) is 5.91 Å². The smallest absolute Gasteiger partial charge is 0.260 e. The minimum atomic E-state index is -0.0727. The van der Waals surface area contributed by atoms with Crippen LogP contribution in [0, 0.1) is 13.8 Å². The van der Waals surface area contributed by atoms with Crippen LogP contribution >= 0.6 is 22.9 Å². The molecule has 0 N–H and O–H groups in total. The van der Waals surface area contributed by atoms with Crippen LogP contribution in [-0.4, -0.2) is 30.1 Å². The average Bonchev–Trinajstić information content (AvgIpc) is 3.33. The molecule has 1 aliphatic heterocycles. The number of benzene rings is 2. The van der Waals surface area contributed by atoms with Crippen molar-refractivity contribution in [2.45, 2.75) is 32.8 Å². The summed E-state index contributed by atoms with van der Waals surface area (Å²) in [6.45, 7) is 5.40. The lowest BCUT2D eigenvalue weighted by Gasteiger charge is -2.23. The largest absolute Gasteiger partial charge is 0.376 e. The fourth-order valence-electron chi connectivity index (χ4n) is 3.35. The Morgan fingerprint density at radius 3 is 2.63 bits per heavy atom. The van der Waals surface area contributed by atoms with Crippen molar-refractivity contribution in [2.24, 2.45) is 0 Å². The molecule has 2 heterocycles. The van der Waals surface area contributed by atoms with E-state index in [0.717, 1.165) is 40.4 Å². The monoisotopic (exact) mass is 400 g/mol. The fraction of sp³-hybridized carbons (Fsp3) is 0.333. The highest BCUT2D eigenvalue weighted by Crippen LogP contribution is 2.34. The number of ether oxygens (including phenoxy) is 1. The van der Waals surface area contributed by atoms with Crippen molar-refractivity contribution in [1.29, 1.82) is 0 Å². The molecule has 4 rings (SSSR count). The molecule has 1 aliphatic rings. The maximum absolute atomic E-state index is 13.3. The third-order valence-corrected chi connectivity index (χ3v) is 6.37. The lowest BCUT2D eigenvalue weighted by Crippen LogP contribution is -2.37. The van der Waals surface area contributed by atoms with E-state index in [-0.39, 0.29) is 12.0 Å². The number of hydrogen-bond acceptors (Lipinski definition) is 4. The molecule has 1 fully saturated rings. The van der Waals surface area contributed by atoms with Gasteiger partial charge in [-0.05, 0) is 62.1 Å². The quantitative estimate of drug-likeness (QED) is 0.589. The molecule has 140 valence electrons. The van der Waals surface area contributed by atoms with Crippen molar-refractivity contribution in [1.82, 2.24) is 4.98 Å². The number of thiazole rings is 1. The zero-order valence-corrected chi connectivity index (χ0v) is 16.9. The molecule has 3 aromatic rings. The lowest BCUT2D eigenvalue weighted by molar-refractivity contribution is 0.0917. The zero-order chi connectivity index (χ0) is 19.0. The number of rotatable bonds is 4. The minimum absolute atomic E-state index is 0.0513. The molecule has 0 radical (unpaired) electrons. The fourth-order valence-corrected chi connectivity index (χ4v) is 4.60. The van der Waals surface area contributed by atoms with Gasteiger partial charge in [-0.2, -0.15) is 0 Å². The van der Waals surface area contributed by atoms with Crippen LogP contribution in [-0.2, 0) is 4.74 Å². The van der Waals surface area contributed by atoms with E-state index in [1.807, 2.05) is 0 Å². The topological polar surface area (TPSA) is 42.4 Å². The van der Waals surface area contributed by atoms with E-state index < -0.39 is 0 Å². The molecule has 0 saturated carbocycles. The molecule has 1 aromatic heterocycles. The summed E-state index contributed by atoms with van der Waals surface area (Å²) in [5.41, 5.74) is 3.87. The Morgan fingerprint density at radius 2 is 1.96 bits per heavy atom. The molecule has 0 aliphatic carbocycles. The van der Waals surface area contributed by atoms with Gasteiger partial charge in [0.15, 0.2) is 5.13 Å². The Bertz CT molecular complexity index is 939. The summed E-state index contributed by atoms with van der Waals surface area (Å²) in [6.07, 6.45) is 2.05. The van der Waals surface area contributed by atoms with Crippen LogP contribution in [0.5, 0.6) is 0 Å². The van der Waals surface area contributed by atoms with Gasteiger partial charge in [0.05, 0.1) is 22.9 Å². The molecule has 0 spiro atoms. The highest BCUT2D eigenvalue weighted by molar-refractivity contribution is 7.22. The number of fused-ring (bicyclic) bond motifs is 1. The highest BCUT2D eigenvalue weighted by atomic mass is 35.5. The first kappa shape index (κ1) is 18.4. The van der Waals surface area contributed by atoms with Gasteiger partial charge in [-0.1, -0.05) is 35.1 Å². The molecule has 2 aromatic carbocycles. The van der Waals surface area contributed by atoms with E-state index in [2.05, 4.69) is 26.0 Å². The molecule has 27 heavy (non-hydrogen) atoms. The number of aromatic nitrogens is 1. The Hall–Kier alpha value is -1.95. The van der Waals surface area contributed by atoms with Gasteiger partial charge in [-0.15, -0.1) is 0 Å². The van der Waals surface area contributed by atoms with E-state index >= 15 is 0 Å². The second kappa shape index (κ2) is 7.58. The number of halogens is 1. The van der Waals surface area contributed by atoms with Crippen LogP contribution in [0.2, 0.25) is 5.02 Å². The maximum Gasteiger partial charge on any atom is 0.260 e. The Labute approximate surface area is 167 Å². The van der Waals surface area contributed by atoms with Crippen molar-refractivity contribution in [3.05, 3.63) is 58.1 Å². The van der Waals surface area contributed by atoms with Crippen molar-refractivity contribution >= 4 is 44.2 Å². The van der Waals surface area contributed by atoms with E-state index in [4.69, 9.17) is 21.3 Å². The summed E-state index contributed by atoms with van der Waals surface area (Å²) in [7, 11) is 0. The van der Waals surface area contributed by atoms with Crippen LogP contribution < -0.4 is 4.90 Å². The number of nitrogens with zero attached hydrogens (tertiary/aromatic N) is 2. The molecule has 1 amide bonds. The number of aryl methyl sites for hydroxylation is 2. The van der Waals surface area contributed by atoms with Gasteiger partial charge in [0, 0.05) is 17.2 Å². The minimum Gasteiger partial charge on any atom is -0.376 e. The first-order valence-corrected chi connectivity index (χ1v) is 10.3. The summed E-state index contributed by atoms with van der Waals surface area (Å²) < 4.78 is 6.92. The Kier molecular flexibility index (Phi) is 5.17. The van der Waals surface area contributed by atoms with E-state index in [1.165, 1.54) is 5.56 Å². The number of hydrogen-bond donors (Lipinski definition) is 0. The second-order valence-corrected chi connectivity index (χ2v) is 8.35. The van der Waals surface area contributed by atoms with Gasteiger partial charge >= 0.3 is 0 Å². The summed E-state index contributed by atoms with van der Waals surface area (Å²) in [4.78, 5) is 19.9. The van der Waals surface area contributed by atoms with Gasteiger partial charge in [0.1, 0.15) is 0 Å². The lowest BCUT2D eigenvalue weighted by atomic mass is 10.1. The predicted octanol–water partition coefficient (Wildman–Crippen LogP) is 5.39. The standard InChI is InChI=1S/C21H21ClN2O2S/c1-13-5-6-14(2)19-18(13)23-21(27-19)24(12-17-4-3-11-26-17)20(25)15-7-9-16(22)10-8-15/h5-10,17H,3-4,11-12H2,1-2H3. The SMILES string of the molecule is Cc1ccc(C)c2sc(N(CC3CCCO3)C(=O)c3ccc(Cl)cc3)nc12. The summed E-state index contributed by atoms with van der Waals surface area (Å²) in [5.74, 6) is -0.0727. The Balaban J connectivity index is 1.75. The normalized spacial score (nSPS) is 16.8. The van der Waals surface area contributed by atoms with Crippen LogP contribution in [0.1, 0.15) is 34.3 Å². The second-order valence-electron chi connectivity index (χ2n) is 6.93. The predicted molar refractivity (Wildman–Crippen MR) is 111 cm³/mol. The van der Waals surface area contributed by atoms with Crippen LogP contribution in [0.4, 0.5) is 5.13 Å². The molecule has 1 saturated heterocycles. The summed E-state index contributed by atoms with van der Waals surface area (Å²) >= 11 is 7.55. The van der Waals surface area contributed by atoms with E-state index in [1.54, 1.807) is 40.5 Å². The summed E-state index contributed by atoms with van der Waals surface area (Å²) in [5, 5.41) is 1.33. The molecule has 1 unspecified atom stereocenters. The van der Waals surface area contributed by atoms with E-state index in [9.17, 15) is 4.79 Å². The van der Waals surface area contributed by atoms with Gasteiger partial charge in [-0.25, -0.2) is 4.98 Å². The van der Waals surface area contributed by atoms with Crippen molar-refractivity contribution in [3.63, 3.8) is 0 Å². The maximum atomic E-state index is 13.3. The molecule has 1 atom stereocenters. The first-order valence-electron chi connectivity index (χ1n) is 9.08. The highest BCUT2D eigenvalue weighted by Gasteiger charge is 2.27. The van der Waals surface area contributed by atoms with Gasteiger partial charge in [-0.3, -0.25) is 9.69 Å². The number of carbonyl (C=O) groups is 1. The summed E-state index contributed by atoms with van der Waals surface area (Å²) in [6, 6.07) is 11.2. The van der Waals surface area contributed by atoms with E-state index in [0.29, 0.717) is 17.1 Å². The average molecular weight is 401 g/mol.